The van der Waals surface area contributed by atoms with Gasteiger partial charge in [-0.3, -0.25) is 0 Å². The monoisotopic (exact) mass is 333 g/mol. The normalized spacial score (nSPS) is 21.3. The Hall–Kier alpha value is -1.53. The minimum Gasteiger partial charge on any atom is -0.496 e. The molecule has 1 aromatic carbocycles. The number of ether oxygens (including phenoxy) is 1. The lowest BCUT2D eigenvalue weighted by molar-refractivity contribution is -0.920. The second kappa shape index (κ2) is 7.36. The topological polar surface area (TPSA) is 44.4 Å². The van der Waals surface area contributed by atoms with Crippen LogP contribution in [0.1, 0.15) is 30.1 Å². The average molecular weight is 333 g/mol. The predicted octanol–water partition coefficient (Wildman–Crippen LogP) is 1.51. The summed E-state index contributed by atoms with van der Waals surface area (Å²) >= 11 is 1.65. The van der Waals surface area contributed by atoms with Crippen LogP contribution in [0.2, 0.25) is 0 Å². The Morgan fingerprint density at radius 1 is 1.35 bits per heavy atom. The molecule has 0 radical (unpaired) electrons. The van der Waals surface area contributed by atoms with Crippen molar-refractivity contribution in [2.75, 3.05) is 26.5 Å². The maximum Gasteiger partial charge on any atom is 0.190 e. The van der Waals surface area contributed by atoms with Gasteiger partial charge >= 0.3 is 0 Å². The molecule has 1 aromatic heterocycles. The van der Waals surface area contributed by atoms with Crippen LogP contribution in [0.4, 0.5) is 0 Å². The first kappa shape index (κ1) is 16.3. The van der Waals surface area contributed by atoms with E-state index in [4.69, 9.17) is 4.74 Å². The second-order valence-electron chi connectivity index (χ2n) is 6.14. The van der Waals surface area contributed by atoms with Gasteiger partial charge in [0, 0.05) is 12.6 Å². The first-order valence-electron chi connectivity index (χ1n) is 8.11. The predicted molar refractivity (Wildman–Crippen MR) is 92.2 cm³/mol. The van der Waals surface area contributed by atoms with Crippen LogP contribution in [0, 0.1) is 0 Å². The summed E-state index contributed by atoms with van der Waals surface area (Å²) in [5, 5.41) is 9.73. The quantitative estimate of drug-likeness (QED) is 0.843. The first-order chi connectivity index (χ1) is 11.2. The smallest absolute Gasteiger partial charge is 0.190 e. The summed E-state index contributed by atoms with van der Waals surface area (Å²) < 4.78 is 7.65. The molecule has 1 saturated heterocycles. The van der Waals surface area contributed by atoms with Crippen molar-refractivity contribution in [3.8, 4) is 5.75 Å². The van der Waals surface area contributed by atoms with Gasteiger partial charge in [0.05, 0.1) is 26.1 Å². The van der Waals surface area contributed by atoms with E-state index < -0.39 is 0 Å². The molecule has 1 aliphatic rings. The van der Waals surface area contributed by atoms with E-state index in [0.717, 1.165) is 29.8 Å². The van der Waals surface area contributed by atoms with Crippen molar-refractivity contribution in [2.24, 2.45) is 7.05 Å². The molecule has 0 bridgehead atoms. The second-order valence-corrected chi connectivity index (χ2v) is 6.91. The van der Waals surface area contributed by atoms with Gasteiger partial charge in [-0.05, 0) is 31.2 Å². The van der Waals surface area contributed by atoms with Crippen LogP contribution in [0.15, 0.2) is 29.4 Å². The molecular formula is C17H25N4OS+. The van der Waals surface area contributed by atoms with Crippen molar-refractivity contribution >= 4 is 11.8 Å². The van der Waals surface area contributed by atoms with Crippen molar-refractivity contribution in [1.82, 2.24) is 14.8 Å². The molecule has 0 aliphatic carbocycles. The Kier molecular flexibility index (Phi) is 5.23. The highest BCUT2D eigenvalue weighted by molar-refractivity contribution is 7.98. The van der Waals surface area contributed by atoms with E-state index in [1.807, 2.05) is 18.4 Å². The number of benzene rings is 1. The largest absolute Gasteiger partial charge is 0.496 e. The van der Waals surface area contributed by atoms with Crippen LogP contribution < -0.4 is 9.64 Å². The summed E-state index contributed by atoms with van der Waals surface area (Å²) in [5.74, 6) is 2.61. The van der Waals surface area contributed by atoms with Crippen molar-refractivity contribution in [1.29, 1.82) is 0 Å². The summed E-state index contributed by atoms with van der Waals surface area (Å²) in [6.45, 7) is 3.33. The van der Waals surface area contributed by atoms with E-state index >= 15 is 0 Å². The highest BCUT2D eigenvalue weighted by Gasteiger charge is 2.29. The lowest BCUT2D eigenvalue weighted by atomic mass is 9.96. The number of nitrogens with zero attached hydrogens (tertiary/aromatic N) is 3. The molecule has 2 heterocycles. The van der Waals surface area contributed by atoms with Crippen molar-refractivity contribution in [3.05, 3.63) is 35.7 Å². The Morgan fingerprint density at radius 3 is 2.91 bits per heavy atom. The first-order valence-corrected chi connectivity index (χ1v) is 9.34. The Morgan fingerprint density at radius 2 is 2.17 bits per heavy atom. The van der Waals surface area contributed by atoms with E-state index in [9.17, 15) is 0 Å². The molecular weight excluding hydrogens is 308 g/mol. The third-order valence-electron chi connectivity index (χ3n) is 4.67. The zero-order valence-corrected chi connectivity index (χ0v) is 14.9. The summed E-state index contributed by atoms with van der Waals surface area (Å²) in [4.78, 5) is 1.60. The molecule has 5 nitrogen and oxygen atoms in total. The molecule has 0 saturated carbocycles. The molecule has 124 valence electrons. The lowest BCUT2D eigenvalue weighted by Gasteiger charge is -2.29. The van der Waals surface area contributed by atoms with Crippen molar-refractivity contribution < 1.29 is 9.64 Å². The fourth-order valence-corrected chi connectivity index (χ4v) is 4.00. The van der Waals surface area contributed by atoms with Crippen LogP contribution in [0.25, 0.3) is 0 Å². The maximum atomic E-state index is 5.49. The van der Waals surface area contributed by atoms with Gasteiger partial charge in [0.15, 0.2) is 5.16 Å². The zero-order chi connectivity index (χ0) is 16.2. The molecule has 2 atom stereocenters. The van der Waals surface area contributed by atoms with E-state index in [2.05, 4.69) is 33.9 Å². The van der Waals surface area contributed by atoms with Gasteiger partial charge in [0.2, 0.25) is 0 Å². The van der Waals surface area contributed by atoms with Gasteiger partial charge in [0.1, 0.15) is 18.1 Å². The van der Waals surface area contributed by atoms with Gasteiger partial charge in [-0.15, -0.1) is 10.2 Å². The Bertz CT molecular complexity index is 658. The summed E-state index contributed by atoms with van der Waals surface area (Å²) in [5.41, 5.74) is 1.29. The summed E-state index contributed by atoms with van der Waals surface area (Å²) in [7, 11) is 3.83. The number of likely N-dealkylation sites (tertiary alicyclic amines) is 1. The number of hydrogen-bond acceptors (Lipinski definition) is 4. The van der Waals surface area contributed by atoms with Gasteiger partial charge in [0.25, 0.3) is 0 Å². The number of hydrogen-bond donors (Lipinski definition) is 1. The Labute approximate surface area is 142 Å². The van der Waals surface area contributed by atoms with Crippen LogP contribution in [0.5, 0.6) is 5.75 Å². The highest BCUT2D eigenvalue weighted by atomic mass is 32.2. The Balaban J connectivity index is 1.72. The van der Waals surface area contributed by atoms with Gasteiger partial charge < -0.3 is 14.2 Å². The minimum absolute atomic E-state index is 0.492. The molecule has 6 heteroatoms. The third-order valence-corrected chi connectivity index (χ3v) is 5.39. The lowest BCUT2D eigenvalue weighted by Crippen LogP contribution is -3.12. The summed E-state index contributed by atoms with van der Waals surface area (Å²) in [6, 6.07) is 8.33. The molecule has 23 heavy (non-hydrogen) atoms. The minimum atomic E-state index is 0.492. The molecule has 1 N–H and O–H groups in total. The molecule has 2 aromatic rings. The average Bonchev–Trinajstić information content (AvgIpc) is 2.96. The van der Waals surface area contributed by atoms with E-state index in [0.29, 0.717) is 5.92 Å². The molecule has 1 aliphatic heterocycles. The van der Waals surface area contributed by atoms with Crippen LogP contribution in [-0.4, -0.2) is 41.2 Å². The van der Waals surface area contributed by atoms with Crippen molar-refractivity contribution in [2.45, 2.75) is 30.5 Å². The van der Waals surface area contributed by atoms with Gasteiger partial charge in [-0.2, -0.15) is 0 Å². The number of quaternary nitrogens is 1. The van der Waals surface area contributed by atoms with E-state index in [1.54, 1.807) is 23.8 Å². The van der Waals surface area contributed by atoms with Crippen LogP contribution >= 0.6 is 11.8 Å². The van der Waals surface area contributed by atoms with Crippen LogP contribution in [0.3, 0.4) is 0 Å². The summed E-state index contributed by atoms with van der Waals surface area (Å²) in [6.07, 6.45) is 4.49. The number of piperidine rings is 1. The molecule has 0 spiro atoms. The fourth-order valence-electron chi connectivity index (χ4n) is 3.51. The molecule has 1 unspecified atom stereocenters. The third kappa shape index (κ3) is 3.53. The number of thioether (sulfide) groups is 1. The zero-order valence-electron chi connectivity index (χ0n) is 14.1. The van der Waals surface area contributed by atoms with Gasteiger partial charge in [-0.1, -0.05) is 23.9 Å². The van der Waals surface area contributed by atoms with Crippen molar-refractivity contribution in [3.63, 3.8) is 0 Å². The number of rotatable bonds is 5. The number of nitrogens with one attached hydrogen (secondary N) is 1. The van der Waals surface area contributed by atoms with E-state index in [1.165, 1.54) is 24.9 Å². The standard InChI is InChI=1S/C17H24N4OS/c1-20-16(18-19-17(20)23-3)14-8-6-10-21(12-14)11-13-7-4-5-9-15(13)22-2/h4-5,7,9,14H,6,8,10-12H2,1-3H3/p+1/t14-/m1/s1. The number of aromatic nitrogens is 3. The van der Waals surface area contributed by atoms with E-state index in [-0.39, 0.29) is 0 Å². The number of methoxy groups -OCH3 is 1. The highest BCUT2D eigenvalue weighted by Crippen LogP contribution is 2.23. The molecule has 0 amide bonds. The van der Waals surface area contributed by atoms with Crippen LogP contribution in [-0.2, 0) is 13.6 Å². The van der Waals surface area contributed by atoms with Gasteiger partial charge in [-0.25, -0.2) is 0 Å². The maximum absolute atomic E-state index is 5.49. The molecule has 1 fully saturated rings. The SMILES string of the molecule is COc1ccccc1C[NH+]1CCC[C@@H](c2nnc(SC)n2C)C1. The molecule has 3 rings (SSSR count). The number of para-hydroxylation sites is 1. The fraction of sp³-hybridized carbons (Fsp3) is 0.529.